The molecule has 0 radical (unpaired) electrons. The fourth-order valence-corrected chi connectivity index (χ4v) is 4.09. The van der Waals surface area contributed by atoms with E-state index in [-0.39, 0.29) is 21.2 Å². The molecule has 0 saturated carbocycles. The first kappa shape index (κ1) is 15.7. The van der Waals surface area contributed by atoms with Crippen LogP contribution in [0.5, 0.6) is 0 Å². The number of aromatic nitrogens is 2. The Morgan fingerprint density at radius 2 is 2.25 bits per heavy atom. The van der Waals surface area contributed by atoms with Crippen molar-refractivity contribution in [1.29, 1.82) is 0 Å². The number of aliphatic imine (C=N–C) groups is 1. The highest BCUT2D eigenvalue weighted by Crippen LogP contribution is 2.34. The molecule has 148 valence electrons. The van der Waals surface area contributed by atoms with Gasteiger partial charge in [-0.3, -0.25) is 9.59 Å². The van der Waals surface area contributed by atoms with E-state index < -0.39 is 51.5 Å². The van der Waals surface area contributed by atoms with Crippen LogP contribution in [-0.2, 0) is 15.6 Å². The highest BCUT2D eigenvalue weighted by Gasteiger charge is 2.41. The normalized spacial score (nSPS) is 23.1. The van der Waals surface area contributed by atoms with Crippen molar-refractivity contribution in [2.24, 2.45) is 10.7 Å². The maximum Gasteiger partial charge on any atom is 0.275 e. The lowest BCUT2D eigenvalue weighted by molar-refractivity contribution is 0.102. The summed E-state index contributed by atoms with van der Waals surface area (Å²) in [5.41, 5.74) is 3.09. The molecule has 0 spiro atoms. The molecule has 10 nitrogen and oxygen atoms in total. The van der Waals surface area contributed by atoms with Gasteiger partial charge in [0, 0.05) is 28.5 Å². The maximum atomic E-state index is 14.6. The molecule has 0 aliphatic carbocycles. The van der Waals surface area contributed by atoms with Crippen LogP contribution in [0.3, 0.4) is 0 Å². The van der Waals surface area contributed by atoms with Crippen LogP contribution in [0.4, 0.5) is 10.1 Å². The van der Waals surface area contributed by atoms with Crippen molar-refractivity contribution in [3.8, 4) is 0 Å². The first-order valence-corrected chi connectivity index (χ1v) is 9.38. The average Bonchev–Trinajstić information content (AvgIpc) is 2.60. The molecule has 1 atom stereocenters. The molecule has 0 saturated heterocycles. The first-order chi connectivity index (χ1) is 14.2. The molecule has 2 aromatic rings. The Kier molecular flexibility index (Phi) is 3.77. The van der Waals surface area contributed by atoms with Gasteiger partial charge in [0.15, 0.2) is 0 Å². The molecular formula is C16H17FN6O4S. The Bertz CT molecular complexity index is 1230. The summed E-state index contributed by atoms with van der Waals surface area (Å²) in [5, 5.41) is 2.45. The van der Waals surface area contributed by atoms with Crippen LogP contribution in [0.15, 0.2) is 40.4 Å². The van der Waals surface area contributed by atoms with Gasteiger partial charge in [0.2, 0.25) is 16.0 Å². The first-order valence-electron chi connectivity index (χ1n) is 9.27. The van der Waals surface area contributed by atoms with E-state index in [0.29, 0.717) is 0 Å². The second-order valence-electron chi connectivity index (χ2n) is 6.21. The van der Waals surface area contributed by atoms with E-state index in [1.807, 2.05) is 0 Å². The van der Waals surface area contributed by atoms with Crippen LogP contribution >= 0.6 is 0 Å². The van der Waals surface area contributed by atoms with Gasteiger partial charge in [-0.15, -0.1) is 0 Å². The molecule has 2 heterocycles. The SMILES string of the molecule is [2H]C([2H])([2H])N1C(N)=N[C@](C)(c2cc(NC(=O)c3c[nH]c(=O)cn3)ccc2F)CS1(=O)=O. The highest BCUT2D eigenvalue weighted by molar-refractivity contribution is 7.89. The summed E-state index contributed by atoms with van der Waals surface area (Å²) in [6, 6.07) is 3.38. The van der Waals surface area contributed by atoms with Crippen LogP contribution < -0.4 is 16.6 Å². The standard InChI is InChI=1S/C16H17FN6O4S/c1-16(8-28(26,27)23(2)15(18)22-16)10-5-9(3-4-11(10)17)21-14(25)12-6-20-13(24)7-19-12/h3-7H,8H2,1-2H3,(H2,18,22)(H,20,24)(H,21,25)/t16-/m0/s1/i2D3. The number of sulfonamides is 1. The summed E-state index contributed by atoms with van der Waals surface area (Å²) in [6.07, 6.45) is 2.00. The number of aromatic amines is 1. The molecule has 1 aliphatic rings. The minimum absolute atomic E-state index is 0.0210. The quantitative estimate of drug-likeness (QED) is 0.645. The van der Waals surface area contributed by atoms with Gasteiger partial charge in [0.1, 0.15) is 17.1 Å². The minimum Gasteiger partial charge on any atom is -0.369 e. The fraction of sp³-hybridized carbons (Fsp3) is 0.250. The van der Waals surface area contributed by atoms with E-state index in [1.165, 1.54) is 13.0 Å². The topological polar surface area (TPSA) is 151 Å². The summed E-state index contributed by atoms with van der Waals surface area (Å²) in [5.74, 6) is -3.22. The number of anilines is 1. The highest BCUT2D eigenvalue weighted by atomic mass is 32.2. The van der Waals surface area contributed by atoms with Crippen molar-refractivity contribution in [3.63, 3.8) is 0 Å². The number of benzene rings is 1. The molecule has 0 unspecified atom stereocenters. The number of hydrogen-bond donors (Lipinski definition) is 3. The van der Waals surface area contributed by atoms with Gasteiger partial charge in [-0.2, -0.15) is 0 Å². The summed E-state index contributed by atoms with van der Waals surface area (Å²) in [6.45, 7) is -1.81. The molecule has 28 heavy (non-hydrogen) atoms. The van der Waals surface area contributed by atoms with Crippen molar-refractivity contribution in [2.45, 2.75) is 12.5 Å². The largest absolute Gasteiger partial charge is 0.369 e. The van der Waals surface area contributed by atoms with Crippen molar-refractivity contribution < 1.29 is 21.7 Å². The Morgan fingerprint density at radius 3 is 2.86 bits per heavy atom. The van der Waals surface area contributed by atoms with Crippen LogP contribution in [0.25, 0.3) is 0 Å². The Labute approximate surface area is 163 Å². The predicted molar refractivity (Wildman–Crippen MR) is 99.7 cm³/mol. The van der Waals surface area contributed by atoms with E-state index in [9.17, 15) is 22.4 Å². The smallest absolute Gasteiger partial charge is 0.275 e. The number of amides is 1. The van der Waals surface area contributed by atoms with Gasteiger partial charge in [-0.25, -0.2) is 27.1 Å². The lowest BCUT2D eigenvalue weighted by Crippen LogP contribution is -2.50. The number of halogens is 1. The maximum absolute atomic E-state index is 14.6. The molecule has 0 fully saturated rings. The van der Waals surface area contributed by atoms with Gasteiger partial charge >= 0.3 is 0 Å². The zero-order valence-corrected chi connectivity index (χ0v) is 15.2. The minimum atomic E-state index is -4.47. The van der Waals surface area contributed by atoms with E-state index in [1.54, 1.807) is 0 Å². The number of rotatable bonds is 3. The molecule has 1 aromatic heterocycles. The number of nitrogens with two attached hydrogens (primary N) is 1. The fourth-order valence-electron chi connectivity index (χ4n) is 2.71. The van der Waals surface area contributed by atoms with Crippen LogP contribution in [0.1, 0.15) is 27.1 Å². The summed E-state index contributed by atoms with van der Waals surface area (Å²) in [4.78, 5) is 33.3. The summed E-state index contributed by atoms with van der Waals surface area (Å²) >= 11 is 0. The van der Waals surface area contributed by atoms with E-state index >= 15 is 0 Å². The molecule has 3 rings (SSSR count). The molecular weight excluding hydrogens is 391 g/mol. The molecule has 4 N–H and O–H groups in total. The number of hydrogen-bond acceptors (Lipinski definition) is 7. The third-order valence-electron chi connectivity index (χ3n) is 4.02. The lowest BCUT2D eigenvalue weighted by Gasteiger charge is -2.34. The van der Waals surface area contributed by atoms with Crippen molar-refractivity contribution in [1.82, 2.24) is 14.3 Å². The molecule has 1 amide bonds. The van der Waals surface area contributed by atoms with Crippen LogP contribution in [-0.4, -0.2) is 47.3 Å². The van der Waals surface area contributed by atoms with E-state index in [4.69, 9.17) is 9.85 Å². The van der Waals surface area contributed by atoms with Gasteiger partial charge in [-0.1, -0.05) is 0 Å². The molecule has 1 aliphatic heterocycles. The number of carbonyl (C=O) groups excluding carboxylic acids is 1. The van der Waals surface area contributed by atoms with Gasteiger partial charge in [0.05, 0.1) is 11.9 Å². The van der Waals surface area contributed by atoms with E-state index in [0.717, 1.165) is 24.5 Å². The zero-order chi connectivity index (χ0) is 23.2. The Morgan fingerprint density at radius 1 is 1.50 bits per heavy atom. The zero-order valence-electron chi connectivity index (χ0n) is 17.4. The molecule has 0 bridgehead atoms. The Balaban J connectivity index is 2.00. The second kappa shape index (κ2) is 6.71. The summed E-state index contributed by atoms with van der Waals surface area (Å²) in [7, 11) is -4.47. The predicted octanol–water partition coefficient (Wildman–Crippen LogP) is -0.0336. The second-order valence-corrected chi connectivity index (χ2v) is 8.03. The van der Waals surface area contributed by atoms with Crippen LogP contribution in [0.2, 0.25) is 0 Å². The number of nitrogens with zero attached hydrogens (tertiary/aromatic N) is 3. The molecule has 1 aromatic carbocycles. The van der Waals surface area contributed by atoms with Gasteiger partial charge in [0.25, 0.3) is 11.5 Å². The van der Waals surface area contributed by atoms with Gasteiger partial charge < -0.3 is 16.0 Å². The van der Waals surface area contributed by atoms with Crippen LogP contribution in [0, 0.1) is 5.82 Å². The van der Waals surface area contributed by atoms with Gasteiger partial charge in [-0.05, 0) is 25.1 Å². The lowest BCUT2D eigenvalue weighted by atomic mass is 9.93. The van der Waals surface area contributed by atoms with Crippen molar-refractivity contribution in [3.05, 3.63) is 58.0 Å². The number of guanidine groups is 1. The monoisotopic (exact) mass is 411 g/mol. The third kappa shape index (κ3) is 3.58. The van der Waals surface area contributed by atoms with E-state index in [2.05, 4.69) is 20.3 Å². The number of H-pyrrole nitrogens is 1. The van der Waals surface area contributed by atoms with Crippen molar-refractivity contribution in [2.75, 3.05) is 18.0 Å². The number of carbonyl (C=O) groups is 1. The van der Waals surface area contributed by atoms with Crippen molar-refractivity contribution >= 4 is 27.6 Å². The number of nitrogens with one attached hydrogen (secondary N) is 2. The Hall–Kier alpha value is -3.28. The molecule has 12 heteroatoms. The third-order valence-corrected chi connectivity index (χ3v) is 5.69. The summed E-state index contributed by atoms with van der Waals surface area (Å²) < 4.78 is 61.9. The average molecular weight is 411 g/mol.